The second-order valence-corrected chi connectivity index (χ2v) is 3.08. The van der Waals surface area contributed by atoms with Gasteiger partial charge in [-0.25, -0.2) is 0 Å². The van der Waals surface area contributed by atoms with Gasteiger partial charge in [-0.2, -0.15) is 0 Å². The van der Waals surface area contributed by atoms with E-state index in [-0.39, 0.29) is 6.10 Å². The number of aliphatic hydroxyl groups is 1. The predicted molar refractivity (Wildman–Crippen MR) is 50.7 cm³/mol. The highest BCUT2D eigenvalue weighted by molar-refractivity contribution is 4.78. The maximum atomic E-state index is 9.23. The lowest BCUT2D eigenvalue weighted by Gasteiger charge is -2.28. The Morgan fingerprint density at radius 3 is 2.71 bits per heavy atom. The van der Waals surface area contributed by atoms with Crippen LogP contribution < -0.4 is 0 Å². The van der Waals surface area contributed by atoms with Crippen LogP contribution in [0.25, 0.3) is 0 Å². The Hall–Kier alpha value is -1.14. The molecule has 0 aromatic carbocycles. The second kappa shape index (κ2) is 7.28. The molecule has 0 radical (unpaired) electrons. The van der Waals surface area contributed by atoms with Gasteiger partial charge in [-0.05, 0) is 19.4 Å². The van der Waals surface area contributed by atoms with E-state index in [0.717, 1.165) is 32.5 Å². The SMILES string of the molecule is C=CCN1CCCC(O)C1.O=[N+]([O-])O. The maximum absolute atomic E-state index is 9.23. The Morgan fingerprint density at radius 2 is 2.29 bits per heavy atom. The average Bonchev–Trinajstić information content (AvgIpc) is 2.03. The highest BCUT2D eigenvalue weighted by atomic mass is 16.9. The van der Waals surface area contributed by atoms with E-state index in [0.29, 0.717) is 0 Å². The third-order valence-electron chi connectivity index (χ3n) is 1.87. The van der Waals surface area contributed by atoms with Crippen LogP contribution in [-0.4, -0.2) is 46.0 Å². The molecular formula is C8H16N2O4. The zero-order chi connectivity index (χ0) is 11.0. The van der Waals surface area contributed by atoms with Crippen LogP contribution >= 0.6 is 0 Å². The quantitative estimate of drug-likeness (QED) is 0.383. The van der Waals surface area contributed by atoms with E-state index < -0.39 is 5.09 Å². The van der Waals surface area contributed by atoms with Crippen LogP contribution in [0.1, 0.15) is 12.8 Å². The lowest BCUT2D eigenvalue weighted by Crippen LogP contribution is -2.38. The molecule has 0 saturated carbocycles. The smallest absolute Gasteiger partial charge is 0.291 e. The van der Waals surface area contributed by atoms with Gasteiger partial charge in [-0.1, -0.05) is 6.08 Å². The average molecular weight is 204 g/mol. The Kier molecular flexibility index (Phi) is 6.69. The zero-order valence-corrected chi connectivity index (χ0v) is 8.00. The Bertz CT molecular complexity index is 182. The summed E-state index contributed by atoms with van der Waals surface area (Å²) >= 11 is 0. The van der Waals surface area contributed by atoms with Crippen molar-refractivity contribution in [2.24, 2.45) is 0 Å². The molecule has 1 rings (SSSR count). The topological polar surface area (TPSA) is 86.8 Å². The van der Waals surface area contributed by atoms with Crippen LogP contribution in [0.3, 0.4) is 0 Å². The molecule has 6 heteroatoms. The van der Waals surface area contributed by atoms with E-state index in [9.17, 15) is 5.11 Å². The second-order valence-electron chi connectivity index (χ2n) is 3.08. The molecule has 1 saturated heterocycles. The number of nitrogens with zero attached hydrogens (tertiary/aromatic N) is 2. The van der Waals surface area contributed by atoms with E-state index in [1.807, 2.05) is 6.08 Å². The van der Waals surface area contributed by atoms with Crippen molar-refractivity contribution in [1.29, 1.82) is 0 Å². The van der Waals surface area contributed by atoms with Gasteiger partial charge in [0.25, 0.3) is 5.09 Å². The number of likely N-dealkylation sites (tertiary alicyclic amines) is 1. The molecule has 0 spiro atoms. The molecule has 1 aliphatic rings. The molecule has 82 valence electrons. The normalized spacial score (nSPS) is 21.9. The first-order valence-electron chi connectivity index (χ1n) is 4.41. The van der Waals surface area contributed by atoms with Gasteiger partial charge >= 0.3 is 0 Å². The van der Waals surface area contributed by atoms with Gasteiger partial charge in [-0.3, -0.25) is 4.90 Å². The first kappa shape index (κ1) is 12.9. The van der Waals surface area contributed by atoms with Crippen LogP contribution in [0.5, 0.6) is 0 Å². The van der Waals surface area contributed by atoms with Gasteiger partial charge in [-0.15, -0.1) is 16.7 Å². The summed E-state index contributed by atoms with van der Waals surface area (Å²) in [4.78, 5) is 10.6. The van der Waals surface area contributed by atoms with Crippen LogP contribution in [0.15, 0.2) is 12.7 Å². The van der Waals surface area contributed by atoms with Gasteiger partial charge in [0.15, 0.2) is 0 Å². The van der Waals surface area contributed by atoms with Crippen molar-refractivity contribution in [3.63, 3.8) is 0 Å². The number of piperidine rings is 1. The number of rotatable bonds is 2. The van der Waals surface area contributed by atoms with Crippen molar-refractivity contribution < 1.29 is 15.4 Å². The summed E-state index contributed by atoms with van der Waals surface area (Å²) in [5, 5.41) is 22.9. The molecule has 0 bridgehead atoms. The van der Waals surface area contributed by atoms with E-state index in [1.165, 1.54) is 0 Å². The molecule has 0 aromatic heterocycles. The summed E-state index contributed by atoms with van der Waals surface area (Å²) in [5.74, 6) is 0. The van der Waals surface area contributed by atoms with Crippen molar-refractivity contribution in [3.05, 3.63) is 22.8 Å². The Labute approximate surface area is 82.6 Å². The first-order chi connectivity index (χ1) is 6.56. The molecule has 1 aliphatic heterocycles. The molecule has 2 N–H and O–H groups in total. The minimum Gasteiger partial charge on any atom is -0.392 e. The van der Waals surface area contributed by atoms with Crippen molar-refractivity contribution in [2.45, 2.75) is 18.9 Å². The highest BCUT2D eigenvalue weighted by Crippen LogP contribution is 2.08. The van der Waals surface area contributed by atoms with E-state index >= 15 is 0 Å². The third kappa shape index (κ3) is 7.51. The highest BCUT2D eigenvalue weighted by Gasteiger charge is 2.15. The van der Waals surface area contributed by atoms with Gasteiger partial charge < -0.3 is 10.3 Å². The molecule has 1 fully saturated rings. The number of hydrogen-bond acceptors (Lipinski definition) is 4. The van der Waals surface area contributed by atoms with Gasteiger partial charge in [0.1, 0.15) is 0 Å². The molecule has 1 unspecified atom stereocenters. The van der Waals surface area contributed by atoms with Crippen LogP contribution in [0, 0.1) is 10.1 Å². The molecular weight excluding hydrogens is 188 g/mol. The lowest BCUT2D eigenvalue weighted by atomic mass is 10.1. The van der Waals surface area contributed by atoms with Crippen molar-refractivity contribution in [3.8, 4) is 0 Å². The monoisotopic (exact) mass is 204 g/mol. The Balaban J connectivity index is 0.000000364. The van der Waals surface area contributed by atoms with E-state index in [1.54, 1.807) is 0 Å². The van der Waals surface area contributed by atoms with Crippen LogP contribution in [0.2, 0.25) is 0 Å². The van der Waals surface area contributed by atoms with E-state index in [2.05, 4.69) is 11.5 Å². The summed E-state index contributed by atoms with van der Waals surface area (Å²) < 4.78 is 0. The number of β-amino-alcohol motifs (C(OH)–C–C–N with tert-alkyl or cyclic N) is 1. The summed E-state index contributed by atoms with van der Waals surface area (Å²) in [5.41, 5.74) is 0. The minimum absolute atomic E-state index is 0.103. The van der Waals surface area contributed by atoms with Gasteiger partial charge in [0.2, 0.25) is 0 Å². The summed E-state index contributed by atoms with van der Waals surface area (Å²) in [7, 11) is 0. The standard InChI is InChI=1S/C8H15NO.HNO3/c1-2-5-9-6-3-4-8(10)7-9;2-1(3)4/h2,8,10H,1,3-7H2;(H,2,3,4). The fourth-order valence-corrected chi connectivity index (χ4v) is 1.38. The molecule has 1 atom stereocenters. The first-order valence-corrected chi connectivity index (χ1v) is 4.41. The maximum Gasteiger partial charge on any atom is 0.291 e. The predicted octanol–water partition coefficient (Wildman–Crippen LogP) is 0.281. The van der Waals surface area contributed by atoms with Gasteiger partial charge in [0.05, 0.1) is 6.10 Å². The lowest BCUT2D eigenvalue weighted by molar-refractivity contribution is -0.742. The fraction of sp³-hybridized carbons (Fsp3) is 0.750. The minimum atomic E-state index is -1.50. The molecule has 0 aliphatic carbocycles. The van der Waals surface area contributed by atoms with Gasteiger partial charge in [0, 0.05) is 13.1 Å². The summed E-state index contributed by atoms with van der Waals surface area (Å²) in [6, 6.07) is 0. The van der Waals surface area contributed by atoms with Crippen LogP contribution in [0.4, 0.5) is 0 Å². The number of aliphatic hydroxyl groups excluding tert-OH is 1. The molecule has 6 nitrogen and oxygen atoms in total. The van der Waals surface area contributed by atoms with Crippen molar-refractivity contribution >= 4 is 0 Å². The molecule has 1 heterocycles. The third-order valence-corrected chi connectivity index (χ3v) is 1.87. The van der Waals surface area contributed by atoms with Crippen LogP contribution in [-0.2, 0) is 0 Å². The zero-order valence-electron chi connectivity index (χ0n) is 8.00. The fourth-order valence-electron chi connectivity index (χ4n) is 1.38. The summed E-state index contributed by atoms with van der Waals surface area (Å²) in [6.45, 7) is 6.51. The molecule has 0 amide bonds. The Morgan fingerprint density at radius 1 is 1.71 bits per heavy atom. The van der Waals surface area contributed by atoms with Crippen molar-refractivity contribution in [1.82, 2.24) is 4.90 Å². The summed E-state index contributed by atoms with van der Waals surface area (Å²) in [6.07, 6.45) is 3.87. The number of hydrogen-bond donors (Lipinski definition) is 2. The van der Waals surface area contributed by atoms with Crippen molar-refractivity contribution in [2.75, 3.05) is 19.6 Å². The molecule has 14 heavy (non-hydrogen) atoms. The molecule has 0 aromatic rings. The largest absolute Gasteiger partial charge is 0.392 e. The van der Waals surface area contributed by atoms with E-state index in [4.69, 9.17) is 15.3 Å².